The van der Waals surface area contributed by atoms with E-state index in [0.29, 0.717) is 12.0 Å². The standard InChI is InChI=1S/C39H40N4O2/c1-25(2)24-34(38(44)40-28-18-20-29(21-19-28)42-22-8-9-23-42)43-37(30-10-4-5-11-31(30)39(43)45)35-32-12-6-7-13-33(32)41-36(35)27-16-14-26(3)15-17-27/h4-7,10-21,25,34,37,41H,8-9,22-24H2,1-3H3,(H,40,44). The topological polar surface area (TPSA) is 68.4 Å². The highest BCUT2D eigenvalue weighted by molar-refractivity contribution is 6.06. The number of fused-ring (bicyclic) bond motifs is 2. The molecule has 7 rings (SSSR count). The lowest BCUT2D eigenvalue weighted by Gasteiger charge is -2.34. The highest BCUT2D eigenvalue weighted by Crippen LogP contribution is 2.47. The Kier molecular flexibility index (Phi) is 7.66. The van der Waals surface area contributed by atoms with Crippen molar-refractivity contribution in [2.45, 2.75) is 52.1 Å². The first-order valence-corrected chi connectivity index (χ1v) is 16.1. The van der Waals surface area contributed by atoms with Crippen LogP contribution in [0.4, 0.5) is 11.4 Å². The van der Waals surface area contributed by atoms with Gasteiger partial charge >= 0.3 is 0 Å². The van der Waals surface area contributed by atoms with Crippen LogP contribution in [0.15, 0.2) is 97.1 Å². The fourth-order valence-electron chi connectivity index (χ4n) is 7.10. The molecule has 4 aromatic carbocycles. The number of hydrogen-bond donors (Lipinski definition) is 2. The summed E-state index contributed by atoms with van der Waals surface area (Å²) in [4.78, 5) is 36.7. The van der Waals surface area contributed by atoms with E-state index in [4.69, 9.17) is 0 Å². The summed E-state index contributed by atoms with van der Waals surface area (Å²) in [6.07, 6.45) is 2.96. The Hall–Kier alpha value is -4.84. The summed E-state index contributed by atoms with van der Waals surface area (Å²) in [5.41, 5.74) is 8.72. The average molecular weight is 597 g/mol. The number of anilines is 2. The lowest BCUT2D eigenvalue weighted by molar-refractivity contribution is -0.121. The second-order valence-corrected chi connectivity index (χ2v) is 12.9. The highest BCUT2D eigenvalue weighted by atomic mass is 16.2. The molecule has 6 nitrogen and oxygen atoms in total. The molecule has 5 aromatic rings. The van der Waals surface area contributed by atoms with Crippen LogP contribution >= 0.6 is 0 Å². The summed E-state index contributed by atoms with van der Waals surface area (Å²) in [5.74, 6) is -0.0867. The maximum atomic E-state index is 14.4. The van der Waals surface area contributed by atoms with Gasteiger partial charge in [-0.15, -0.1) is 0 Å². The van der Waals surface area contributed by atoms with Gasteiger partial charge in [-0.05, 0) is 79.6 Å². The maximum Gasteiger partial charge on any atom is 0.255 e. The summed E-state index contributed by atoms with van der Waals surface area (Å²) in [6.45, 7) is 8.44. The number of aromatic amines is 1. The molecule has 2 aliphatic rings. The molecule has 45 heavy (non-hydrogen) atoms. The zero-order valence-electron chi connectivity index (χ0n) is 26.2. The molecule has 0 bridgehead atoms. The number of nitrogens with zero attached hydrogens (tertiary/aromatic N) is 2. The summed E-state index contributed by atoms with van der Waals surface area (Å²) < 4.78 is 0. The maximum absolute atomic E-state index is 14.4. The van der Waals surface area contributed by atoms with Crippen molar-refractivity contribution in [1.29, 1.82) is 0 Å². The van der Waals surface area contributed by atoms with Crippen molar-refractivity contribution in [2.75, 3.05) is 23.3 Å². The zero-order chi connectivity index (χ0) is 31.1. The number of aromatic nitrogens is 1. The molecule has 0 saturated carbocycles. The zero-order valence-corrected chi connectivity index (χ0v) is 26.2. The van der Waals surface area contributed by atoms with Gasteiger partial charge in [0.25, 0.3) is 5.91 Å². The average Bonchev–Trinajstić information content (AvgIpc) is 3.78. The van der Waals surface area contributed by atoms with Crippen molar-refractivity contribution in [2.24, 2.45) is 5.92 Å². The molecular weight excluding hydrogens is 556 g/mol. The number of nitrogens with one attached hydrogen (secondary N) is 2. The minimum atomic E-state index is -0.673. The third-order valence-corrected chi connectivity index (χ3v) is 9.30. The Bertz CT molecular complexity index is 1850. The van der Waals surface area contributed by atoms with Crippen LogP contribution in [0.1, 0.15) is 66.2 Å². The molecule has 6 heteroatoms. The number of amides is 2. The van der Waals surface area contributed by atoms with Crippen LogP contribution in [0.25, 0.3) is 22.2 Å². The van der Waals surface area contributed by atoms with E-state index in [-0.39, 0.29) is 17.7 Å². The summed E-state index contributed by atoms with van der Waals surface area (Å²) in [5, 5.41) is 4.24. The number of benzene rings is 4. The Morgan fingerprint density at radius 2 is 1.58 bits per heavy atom. The SMILES string of the molecule is Cc1ccc(-c2[nH]c3ccccc3c2C2c3ccccc3C(=O)N2C(CC(C)C)C(=O)Nc2ccc(N3CCCC3)cc2)cc1. The van der Waals surface area contributed by atoms with Crippen molar-refractivity contribution < 1.29 is 9.59 Å². The van der Waals surface area contributed by atoms with E-state index in [1.54, 1.807) is 0 Å². The number of rotatable bonds is 8. The highest BCUT2D eigenvalue weighted by Gasteiger charge is 2.45. The van der Waals surface area contributed by atoms with Gasteiger partial charge in [0.15, 0.2) is 0 Å². The van der Waals surface area contributed by atoms with Crippen LogP contribution in [-0.4, -0.2) is 40.8 Å². The molecule has 2 atom stereocenters. The molecule has 1 saturated heterocycles. The third kappa shape index (κ3) is 5.39. The summed E-state index contributed by atoms with van der Waals surface area (Å²) in [7, 11) is 0. The van der Waals surface area contributed by atoms with Crippen molar-refractivity contribution >= 4 is 34.1 Å². The lowest BCUT2D eigenvalue weighted by atomic mass is 9.91. The minimum Gasteiger partial charge on any atom is -0.372 e. The number of carbonyl (C=O) groups is 2. The van der Waals surface area contributed by atoms with Crippen molar-refractivity contribution in [3.8, 4) is 11.3 Å². The number of hydrogen-bond acceptors (Lipinski definition) is 3. The van der Waals surface area contributed by atoms with E-state index in [0.717, 1.165) is 52.1 Å². The van der Waals surface area contributed by atoms with Crippen LogP contribution < -0.4 is 10.2 Å². The molecule has 2 amide bonds. The number of carbonyl (C=O) groups excluding carboxylic acids is 2. The smallest absolute Gasteiger partial charge is 0.255 e. The number of aryl methyl sites for hydroxylation is 1. The van der Waals surface area contributed by atoms with E-state index < -0.39 is 12.1 Å². The van der Waals surface area contributed by atoms with Crippen LogP contribution in [0.2, 0.25) is 0 Å². The van der Waals surface area contributed by atoms with Gasteiger partial charge in [0.1, 0.15) is 6.04 Å². The van der Waals surface area contributed by atoms with E-state index in [1.165, 1.54) is 24.1 Å². The predicted octanol–water partition coefficient (Wildman–Crippen LogP) is 8.34. The molecule has 2 unspecified atom stereocenters. The van der Waals surface area contributed by atoms with Crippen LogP contribution in [0.3, 0.4) is 0 Å². The van der Waals surface area contributed by atoms with Crippen molar-refractivity contribution in [3.05, 3.63) is 119 Å². The van der Waals surface area contributed by atoms with Crippen LogP contribution in [0.5, 0.6) is 0 Å². The molecule has 0 aliphatic carbocycles. The summed E-state index contributed by atoms with van der Waals surface area (Å²) in [6, 6.07) is 31.6. The molecular formula is C39H40N4O2. The lowest BCUT2D eigenvalue weighted by Crippen LogP contribution is -2.47. The van der Waals surface area contributed by atoms with Gasteiger partial charge in [0.05, 0.1) is 11.7 Å². The molecule has 1 fully saturated rings. The first-order valence-electron chi connectivity index (χ1n) is 16.1. The van der Waals surface area contributed by atoms with Gasteiger partial charge < -0.3 is 20.1 Å². The minimum absolute atomic E-state index is 0.110. The van der Waals surface area contributed by atoms with E-state index >= 15 is 0 Å². The summed E-state index contributed by atoms with van der Waals surface area (Å²) >= 11 is 0. The molecule has 2 N–H and O–H groups in total. The Morgan fingerprint density at radius 1 is 0.889 bits per heavy atom. The fraction of sp³-hybridized carbons (Fsp3) is 0.282. The third-order valence-electron chi connectivity index (χ3n) is 9.30. The Labute approximate surface area is 265 Å². The number of H-pyrrole nitrogens is 1. The fourth-order valence-corrected chi connectivity index (χ4v) is 7.10. The molecule has 2 aliphatic heterocycles. The van der Waals surface area contributed by atoms with Gasteiger partial charge in [-0.25, -0.2) is 0 Å². The van der Waals surface area contributed by atoms with Gasteiger partial charge in [0.2, 0.25) is 5.91 Å². The van der Waals surface area contributed by atoms with E-state index in [9.17, 15) is 9.59 Å². The largest absolute Gasteiger partial charge is 0.372 e. The Balaban J connectivity index is 1.33. The molecule has 228 valence electrons. The van der Waals surface area contributed by atoms with Gasteiger partial charge in [0, 0.05) is 46.5 Å². The van der Waals surface area contributed by atoms with Crippen molar-refractivity contribution in [1.82, 2.24) is 9.88 Å². The van der Waals surface area contributed by atoms with Crippen LogP contribution in [0, 0.1) is 12.8 Å². The normalized spacial score (nSPS) is 16.9. The quantitative estimate of drug-likeness (QED) is 0.189. The van der Waals surface area contributed by atoms with Crippen LogP contribution in [-0.2, 0) is 4.79 Å². The van der Waals surface area contributed by atoms with E-state index in [2.05, 4.69) is 84.5 Å². The number of para-hydroxylation sites is 1. The first-order chi connectivity index (χ1) is 21.9. The van der Waals surface area contributed by atoms with Gasteiger partial charge in [-0.1, -0.05) is 80.1 Å². The molecule has 3 heterocycles. The molecule has 0 spiro atoms. The molecule has 1 aromatic heterocycles. The van der Waals surface area contributed by atoms with Gasteiger partial charge in [-0.3, -0.25) is 9.59 Å². The predicted molar refractivity (Wildman–Crippen MR) is 183 cm³/mol. The van der Waals surface area contributed by atoms with E-state index in [1.807, 2.05) is 53.4 Å². The second-order valence-electron chi connectivity index (χ2n) is 12.9. The second kappa shape index (κ2) is 11.9. The monoisotopic (exact) mass is 596 g/mol. The first kappa shape index (κ1) is 28.9. The van der Waals surface area contributed by atoms with Gasteiger partial charge in [-0.2, -0.15) is 0 Å². The molecule has 0 radical (unpaired) electrons. The Morgan fingerprint density at radius 3 is 2.31 bits per heavy atom. The van der Waals surface area contributed by atoms with Crippen molar-refractivity contribution in [3.63, 3.8) is 0 Å².